The van der Waals surface area contributed by atoms with Gasteiger partial charge in [0.1, 0.15) is 5.84 Å². The Morgan fingerprint density at radius 2 is 1.00 bits per heavy atom. The van der Waals surface area contributed by atoms with Crippen molar-refractivity contribution in [2.45, 2.75) is 5.92 Å². The number of hydrogen-bond acceptors (Lipinski definition) is 3. The Hall–Kier alpha value is -7.90. The number of halogens is 2. The van der Waals surface area contributed by atoms with Gasteiger partial charge < -0.3 is 5.73 Å². The maximum Gasteiger partial charge on any atom is 0.299 e. The van der Waals surface area contributed by atoms with E-state index in [9.17, 15) is 0 Å². The van der Waals surface area contributed by atoms with Crippen molar-refractivity contribution in [1.29, 1.82) is 0 Å². The molecule has 0 fully saturated rings. The molecule has 2 heterocycles. The highest BCUT2D eigenvalue weighted by Crippen LogP contribution is 2.52. The molecule has 5 nitrogen and oxygen atoms in total. The molecule has 0 radical (unpaired) electrons. The zero-order valence-electron chi connectivity index (χ0n) is 32.2. The van der Waals surface area contributed by atoms with Gasteiger partial charge in [-0.1, -0.05) is 140 Å². The van der Waals surface area contributed by atoms with Gasteiger partial charge in [-0.15, -0.1) is 0 Å². The molecule has 0 aliphatic heterocycles. The van der Waals surface area contributed by atoms with Crippen molar-refractivity contribution in [3.63, 3.8) is 0 Å². The van der Waals surface area contributed by atoms with Crippen molar-refractivity contribution in [3.8, 4) is 44.5 Å². The average molecular weight is 780 g/mol. The van der Waals surface area contributed by atoms with Crippen molar-refractivity contribution in [3.05, 3.63) is 223 Å². The average Bonchev–Trinajstić information content (AvgIpc) is 3.53. The minimum atomic E-state index is -3.31. The minimum Gasteiger partial charge on any atom is -0.383 e. The molecule has 286 valence electrons. The van der Waals surface area contributed by atoms with Crippen molar-refractivity contribution < 1.29 is 8.78 Å². The number of amidine groups is 2. The van der Waals surface area contributed by atoms with Crippen LogP contribution < -0.4 is 5.73 Å². The standard InChI is InChI=1S/C53H35F2N5/c1-33(34-12-4-2-5-13-34)59-52(37-14-6-3-7-15-37)60-51(56)39-23-25-46-45-24-22-38(31-47(45)53(54,55)48(46)32-39)40-28-41(43-20-8-16-35-18-10-26-57-49(35)43)30-42(29-40)44-21-9-17-36-19-11-27-58-50(36)44/h2-32H,1H2,(H2,56,59,60). The zero-order chi connectivity index (χ0) is 40.8. The van der Waals surface area contributed by atoms with Gasteiger partial charge in [0, 0.05) is 56.5 Å². The molecule has 1 aliphatic carbocycles. The SMILES string of the molecule is C=C(N=C(N=C(N)c1ccc2c(c1)C(F)(F)c1cc(-c3cc(-c4cccc5cccnc45)cc(-c4cccc5cccnc45)c3)ccc1-2)c1ccccc1)c1ccccc1. The number of nitrogens with zero attached hydrogens (tertiary/aromatic N) is 4. The van der Waals surface area contributed by atoms with Crippen molar-refractivity contribution in [2.24, 2.45) is 15.7 Å². The highest BCUT2D eigenvalue weighted by Gasteiger charge is 2.44. The van der Waals surface area contributed by atoms with Crippen molar-refractivity contribution in [1.82, 2.24) is 9.97 Å². The van der Waals surface area contributed by atoms with E-state index in [4.69, 9.17) is 25.7 Å². The van der Waals surface area contributed by atoms with E-state index in [-0.39, 0.29) is 17.0 Å². The molecule has 7 aromatic carbocycles. The number of alkyl halides is 2. The Morgan fingerprint density at radius 1 is 0.467 bits per heavy atom. The van der Waals surface area contributed by atoms with Crippen LogP contribution in [0.25, 0.3) is 72.0 Å². The first kappa shape index (κ1) is 36.4. The van der Waals surface area contributed by atoms with E-state index in [0.717, 1.165) is 55.2 Å². The molecule has 0 saturated carbocycles. The van der Waals surface area contributed by atoms with Gasteiger partial charge in [0.15, 0.2) is 5.84 Å². The summed E-state index contributed by atoms with van der Waals surface area (Å²) < 4.78 is 33.7. The molecule has 0 atom stereocenters. The number of fused-ring (bicyclic) bond motifs is 5. The summed E-state index contributed by atoms with van der Waals surface area (Å²) >= 11 is 0. The number of nitrogens with two attached hydrogens (primary N) is 1. The van der Waals surface area contributed by atoms with E-state index >= 15 is 8.78 Å². The van der Waals surface area contributed by atoms with Gasteiger partial charge in [-0.2, -0.15) is 8.78 Å². The van der Waals surface area contributed by atoms with Crippen LogP contribution in [0, 0.1) is 0 Å². The third kappa shape index (κ3) is 6.52. The van der Waals surface area contributed by atoms with Crippen LogP contribution in [-0.4, -0.2) is 21.6 Å². The molecule has 7 heteroatoms. The third-order valence-electron chi connectivity index (χ3n) is 11.1. The van der Waals surface area contributed by atoms with Crippen LogP contribution in [0.15, 0.2) is 205 Å². The monoisotopic (exact) mass is 779 g/mol. The number of pyridine rings is 2. The number of rotatable bonds is 7. The number of para-hydroxylation sites is 2. The lowest BCUT2D eigenvalue weighted by Crippen LogP contribution is -2.18. The van der Waals surface area contributed by atoms with Gasteiger partial charge in [-0.25, -0.2) is 9.98 Å². The maximum atomic E-state index is 16.9. The first-order valence-corrected chi connectivity index (χ1v) is 19.6. The van der Waals surface area contributed by atoms with E-state index in [1.165, 1.54) is 6.07 Å². The number of hydrogen-bond donors (Lipinski definition) is 1. The summed E-state index contributed by atoms with van der Waals surface area (Å²) in [7, 11) is 0. The number of aliphatic imine (C=N–C) groups is 2. The second-order valence-corrected chi connectivity index (χ2v) is 14.8. The Kier molecular flexibility index (Phi) is 8.99. The quantitative estimate of drug-likeness (QED) is 0.129. The van der Waals surface area contributed by atoms with Crippen LogP contribution in [0.3, 0.4) is 0 Å². The van der Waals surface area contributed by atoms with Crippen LogP contribution >= 0.6 is 0 Å². The van der Waals surface area contributed by atoms with Crippen LogP contribution in [-0.2, 0) is 5.92 Å². The predicted octanol–water partition coefficient (Wildman–Crippen LogP) is 12.7. The first-order chi connectivity index (χ1) is 29.3. The normalized spacial score (nSPS) is 13.3. The highest BCUT2D eigenvalue weighted by atomic mass is 19.3. The molecule has 0 amide bonds. The highest BCUT2D eigenvalue weighted by molar-refractivity contribution is 6.12. The van der Waals surface area contributed by atoms with Gasteiger partial charge in [0.2, 0.25) is 0 Å². The number of benzene rings is 7. The van der Waals surface area contributed by atoms with Crippen molar-refractivity contribution >= 4 is 39.2 Å². The first-order valence-electron chi connectivity index (χ1n) is 19.6. The summed E-state index contributed by atoms with van der Waals surface area (Å²) in [4.78, 5) is 18.9. The fourth-order valence-electron chi connectivity index (χ4n) is 8.08. The van der Waals surface area contributed by atoms with Crippen LogP contribution in [0.5, 0.6) is 0 Å². The van der Waals surface area contributed by atoms with Gasteiger partial charge >= 0.3 is 0 Å². The van der Waals surface area contributed by atoms with E-state index in [0.29, 0.717) is 39.3 Å². The van der Waals surface area contributed by atoms with E-state index in [1.54, 1.807) is 36.7 Å². The lowest BCUT2D eigenvalue weighted by molar-refractivity contribution is 0.0480. The van der Waals surface area contributed by atoms with Gasteiger partial charge in [0.05, 0.1) is 16.7 Å². The smallest absolute Gasteiger partial charge is 0.299 e. The maximum absolute atomic E-state index is 16.9. The Morgan fingerprint density at radius 3 is 1.62 bits per heavy atom. The summed E-state index contributed by atoms with van der Waals surface area (Å²) in [6, 6.07) is 55.5. The molecule has 1 aliphatic rings. The molecule has 0 spiro atoms. The lowest BCUT2D eigenvalue weighted by atomic mass is 9.90. The van der Waals surface area contributed by atoms with Crippen molar-refractivity contribution in [2.75, 3.05) is 0 Å². The molecule has 2 aromatic heterocycles. The predicted molar refractivity (Wildman–Crippen MR) is 241 cm³/mol. The fraction of sp³-hybridized carbons (Fsp3) is 0.0189. The summed E-state index contributed by atoms with van der Waals surface area (Å²) in [6.07, 6.45) is 3.57. The molecule has 0 unspecified atom stereocenters. The van der Waals surface area contributed by atoms with E-state index < -0.39 is 5.92 Å². The second-order valence-electron chi connectivity index (χ2n) is 14.8. The van der Waals surface area contributed by atoms with Gasteiger partial charge in [0.25, 0.3) is 5.92 Å². The minimum absolute atomic E-state index is 0.0592. The molecule has 9 aromatic rings. The summed E-state index contributed by atoms with van der Waals surface area (Å²) in [5.41, 5.74) is 16.6. The second kappa shape index (κ2) is 14.8. The largest absolute Gasteiger partial charge is 0.383 e. The Balaban J connectivity index is 1.06. The fourth-order valence-corrected chi connectivity index (χ4v) is 8.08. The lowest BCUT2D eigenvalue weighted by Gasteiger charge is -2.16. The molecular weight excluding hydrogens is 745 g/mol. The molecule has 60 heavy (non-hydrogen) atoms. The van der Waals surface area contributed by atoms with Crippen LogP contribution in [0.4, 0.5) is 8.78 Å². The molecule has 10 rings (SSSR count). The van der Waals surface area contributed by atoms with Gasteiger partial charge in [-0.3, -0.25) is 9.97 Å². The van der Waals surface area contributed by atoms with E-state index in [1.807, 2.05) is 127 Å². The Bertz CT molecular complexity index is 3100. The van der Waals surface area contributed by atoms with Crippen LogP contribution in [0.1, 0.15) is 27.8 Å². The molecule has 0 bridgehead atoms. The molecule has 2 N–H and O–H groups in total. The summed E-state index contributed by atoms with van der Waals surface area (Å²) in [6.45, 7) is 4.15. The van der Waals surface area contributed by atoms with Crippen LogP contribution in [0.2, 0.25) is 0 Å². The summed E-state index contributed by atoms with van der Waals surface area (Å²) in [5, 5.41) is 2.02. The van der Waals surface area contributed by atoms with Gasteiger partial charge in [-0.05, 0) is 81.4 Å². The number of aromatic nitrogens is 2. The topological polar surface area (TPSA) is 76.5 Å². The van der Waals surface area contributed by atoms with E-state index in [2.05, 4.69) is 24.8 Å². The third-order valence-corrected chi connectivity index (χ3v) is 11.1. The summed E-state index contributed by atoms with van der Waals surface area (Å²) in [5.74, 6) is -2.93. The Labute approximate surface area is 345 Å². The molecular formula is C53H35F2N5. The molecule has 0 saturated heterocycles. The zero-order valence-corrected chi connectivity index (χ0v) is 32.2.